The summed E-state index contributed by atoms with van der Waals surface area (Å²) in [6.07, 6.45) is 7.93. The van der Waals surface area contributed by atoms with Gasteiger partial charge in [0.1, 0.15) is 12.2 Å². The Kier molecular flexibility index (Phi) is 13.4. The van der Waals surface area contributed by atoms with E-state index in [9.17, 15) is 14.7 Å². The van der Waals surface area contributed by atoms with Crippen LogP contribution in [0, 0.1) is 46.3 Å². The number of hydrogen-bond donors (Lipinski definition) is 1. The van der Waals surface area contributed by atoms with Crippen LogP contribution >= 0.6 is 0 Å². The van der Waals surface area contributed by atoms with Crippen molar-refractivity contribution in [3.8, 4) is 0 Å². The lowest BCUT2D eigenvalue weighted by Crippen LogP contribution is -2.68. The number of carbonyl (C=O) groups excluding carboxylic acids is 2. The SMILES string of the molecule is CC(C)C[C@H](C[C@@H](C)[C@H]1C[C@@H](OC(=O)c2ccccc2)[C@H]2[C@@H]3[C@@H](O)C=C4C[C@@H](O[Si](c5ccccc5)(c5ccccc5)C(C)(C)C)CC[C@]4(C)[C@H]3CC[C@@]21C)OC(=O)c1ccccc1. The van der Waals surface area contributed by atoms with Crippen LogP contribution in [0.1, 0.15) is 127 Å². The second kappa shape index (κ2) is 18.5. The molecule has 340 valence electrons. The second-order valence-electron chi connectivity index (χ2n) is 21.9. The predicted molar refractivity (Wildman–Crippen MR) is 259 cm³/mol. The van der Waals surface area contributed by atoms with Crippen LogP contribution < -0.4 is 10.4 Å². The summed E-state index contributed by atoms with van der Waals surface area (Å²) in [5.41, 5.74) is 2.15. The van der Waals surface area contributed by atoms with Crippen LogP contribution in [0.25, 0.3) is 0 Å². The molecule has 3 fully saturated rings. The highest BCUT2D eigenvalue weighted by atomic mass is 28.4. The lowest BCUT2D eigenvalue weighted by atomic mass is 9.46. The molecule has 0 radical (unpaired) electrons. The van der Waals surface area contributed by atoms with Crippen LogP contribution in [0.5, 0.6) is 0 Å². The van der Waals surface area contributed by atoms with Crippen molar-refractivity contribution in [2.45, 2.75) is 136 Å². The summed E-state index contributed by atoms with van der Waals surface area (Å²) in [7, 11) is -2.78. The average molecular weight is 881 g/mol. The zero-order valence-electron chi connectivity index (χ0n) is 39.5. The molecule has 4 aliphatic rings. The number of fused-ring (bicyclic) bond motifs is 5. The van der Waals surface area contributed by atoms with Crippen molar-refractivity contribution in [1.82, 2.24) is 0 Å². The summed E-state index contributed by atoms with van der Waals surface area (Å²) < 4.78 is 20.7. The van der Waals surface area contributed by atoms with Gasteiger partial charge in [-0.1, -0.05) is 164 Å². The highest BCUT2D eigenvalue weighted by Crippen LogP contribution is 2.68. The van der Waals surface area contributed by atoms with Gasteiger partial charge in [-0.15, -0.1) is 0 Å². The largest absolute Gasteiger partial charge is 0.459 e. The molecular weight excluding hydrogens is 809 g/mol. The number of aliphatic hydroxyl groups excluding tert-OH is 1. The highest BCUT2D eigenvalue weighted by Gasteiger charge is 2.65. The molecule has 0 saturated heterocycles. The molecule has 4 aromatic carbocycles. The first-order valence-corrected chi connectivity index (χ1v) is 26.2. The van der Waals surface area contributed by atoms with Crippen LogP contribution in [0.3, 0.4) is 0 Å². The van der Waals surface area contributed by atoms with Gasteiger partial charge in [-0.3, -0.25) is 0 Å². The molecule has 0 aliphatic heterocycles. The first kappa shape index (κ1) is 46.2. The molecule has 6 nitrogen and oxygen atoms in total. The molecule has 4 aliphatic carbocycles. The van der Waals surface area contributed by atoms with E-state index in [4.69, 9.17) is 13.9 Å². The number of carbonyl (C=O) groups is 2. The van der Waals surface area contributed by atoms with E-state index in [-0.39, 0.29) is 75.7 Å². The highest BCUT2D eigenvalue weighted by molar-refractivity contribution is 6.99. The summed E-state index contributed by atoms with van der Waals surface area (Å²) in [4.78, 5) is 27.4. The maximum atomic E-state index is 14.0. The van der Waals surface area contributed by atoms with Crippen molar-refractivity contribution >= 4 is 30.6 Å². The number of hydrogen-bond acceptors (Lipinski definition) is 6. The van der Waals surface area contributed by atoms with E-state index in [0.29, 0.717) is 17.0 Å². The molecule has 0 aromatic heterocycles. The quantitative estimate of drug-likeness (QED) is 0.0818. The fourth-order valence-corrected chi connectivity index (χ4v) is 18.3. The van der Waals surface area contributed by atoms with E-state index >= 15 is 0 Å². The van der Waals surface area contributed by atoms with Gasteiger partial charge in [0.2, 0.25) is 0 Å². The molecule has 64 heavy (non-hydrogen) atoms. The van der Waals surface area contributed by atoms with Gasteiger partial charge in [-0.05, 0) is 131 Å². The van der Waals surface area contributed by atoms with Gasteiger partial charge in [0, 0.05) is 12.0 Å². The van der Waals surface area contributed by atoms with E-state index in [2.05, 4.69) is 122 Å². The van der Waals surface area contributed by atoms with Crippen LogP contribution in [-0.4, -0.2) is 49.8 Å². The van der Waals surface area contributed by atoms with Crippen molar-refractivity contribution < 1.29 is 28.6 Å². The van der Waals surface area contributed by atoms with Crippen molar-refractivity contribution in [1.29, 1.82) is 0 Å². The molecule has 7 heteroatoms. The Balaban J connectivity index is 1.10. The van der Waals surface area contributed by atoms with Crippen molar-refractivity contribution in [3.05, 3.63) is 144 Å². The normalized spacial score (nSPS) is 30.0. The topological polar surface area (TPSA) is 82.1 Å². The molecule has 0 heterocycles. The van der Waals surface area contributed by atoms with E-state index in [1.807, 2.05) is 60.7 Å². The fraction of sp³-hybridized carbons (Fsp3) is 0.509. The van der Waals surface area contributed by atoms with E-state index in [1.165, 1.54) is 15.9 Å². The van der Waals surface area contributed by atoms with Crippen molar-refractivity contribution in [2.24, 2.45) is 46.3 Å². The van der Waals surface area contributed by atoms with Crippen LogP contribution in [-0.2, 0) is 13.9 Å². The number of esters is 2. The number of ether oxygens (including phenoxy) is 2. The van der Waals surface area contributed by atoms with Crippen LogP contribution in [0.15, 0.2) is 133 Å². The zero-order chi connectivity index (χ0) is 45.4. The van der Waals surface area contributed by atoms with Gasteiger partial charge in [-0.25, -0.2) is 9.59 Å². The summed E-state index contributed by atoms with van der Waals surface area (Å²) in [6.45, 7) is 18.6. The third-order valence-corrected chi connectivity index (χ3v) is 21.6. The molecule has 8 rings (SSSR count). The molecule has 0 spiro atoms. The van der Waals surface area contributed by atoms with Crippen molar-refractivity contribution in [2.75, 3.05) is 0 Å². The van der Waals surface area contributed by atoms with Gasteiger partial charge in [0.25, 0.3) is 8.32 Å². The first-order chi connectivity index (χ1) is 30.5. The number of benzene rings is 4. The molecule has 0 unspecified atom stereocenters. The summed E-state index contributed by atoms with van der Waals surface area (Å²) >= 11 is 0. The smallest absolute Gasteiger partial charge is 0.338 e. The van der Waals surface area contributed by atoms with Gasteiger partial charge in [0.05, 0.1) is 17.2 Å². The van der Waals surface area contributed by atoms with E-state index < -0.39 is 14.4 Å². The molecule has 11 atom stereocenters. The maximum Gasteiger partial charge on any atom is 0.338 e. The predicted octanol–water partition coefficient (Wildman–Crippen LogP) is 11.6. The summed E-state index contributed by atoms with van der Waals surface area (Å²) in [5, 5.41) is 15.1. The standard InChI is InChI=1S/C57H72O6Si/c1-38(2)33-44(61-53(59)40-21-13-9-14-22-40)34-39(3)48-37-50(62-54(60)41-23-15-10-16-24-41)52-51-47(30-32-57(48,52)8)56(7)31-29-43(35-42(56)36-49(51)58)63-64(55(4,5)6,45-25-17-11-18-26-45)46-27-19-12-20-28-46/h9-28,36,38-39,43-44,47-52,58H,29-35,37H2,1-8H3/t39-,43+,44-,47+,48-,49+,50-,51+,52+,56+,57-/m1/s1. The molecule has 0 bridgehead atoms. The summed E-state index contributed by atoms with van der Waals surface area (Å²) in [6, 6.07) is 40.5. The third kappa shape index (κ3) is 8.74. The minimum atomic E-state index is -2.78. The number of aliphatic hydroxyl groups is 1. The van der Waals surface area contributed by atoms with Crippen LogP contribution in [0.4, 0.5) is 0 Å². The fourth-order valence-electron chi connectivity index (χ4n) is 13.6. The van der Waals surface area contributed by atoms with E-state index in [1.54, 1.807) is 0 Å². The van der Waals surface area contributed by atoms with Gasteiger partial charge < -0.3 is 19.0 Å². The first-order valence-electron chi connectivity index (χ1n) is 24.3. The molecule has 1 N–H and O–H groups in total. The second-order valence-corrected chi connectivity index (χ2v) is 26.1. The van der Waals surface area contributed by atoms with E-state index in [0.717, 1.165) is 51.4 Å². The molecule has 0 amide bonds. The van der Waals surface area contributed by atoms with Gasteiger partial charge >= 0.3 is 11.9 Å². The summed E-state index contributed by atoms with van der Waals surface area (Å²) in [5.74, 6) is 0.315. The lowest BCUT2D eigenvalue weighted by molar-refractivity contribution is -0.120. The third-order valence-electron chi connectivity index (χ3n) is 16.5. The minimum Gasteiger partial charge on any atom is -0.459 e. The Morgan fingerprint density at radius 1 is 0.750 bits per heavy atom. The van der Waals surface area contributed by atoms with Crippen molar-refractivity contribution in [3.63, 3.8) is 0 Å². The van der Waals surface area contributed by atoms with Gasteiger partial charge in [-0.2, -0.15) is 0 Å². The average Bonchev–Trinajstić information content (AvgIpc) is 3.58. The zero-order valence-corrected chi connectivity index (χ0v) is 40.5. The lowest BCUT2D eigenvalue weighted by Gasteiger charge is -2.60. The Hall–Kier alpha value is -4.30. The Morgan fingerprint density at radius 2 is 1.30 bits per heavy atom. The molecule has 4 aromatic rings. The monoisotopic (exact) mass is 881 g/mol. The maximum absolute atomic E-state index is 14.0. The Bertz CT molecular complexity index is 2200. The van der Waals surface area contributed by atoms with Gasteiger partial charge in [0.15, 0.2) is 0 Å². The van der Waals surface area contributed by atoms with Crippen LogP contribution in [0.2, 0.25) is 5.04 Å². The minimum absolute atomic E-state index is 0.0225. The molecular formula is C57H72O6Si. The Morgan fingerprint density at radius 3 is 1.84 bits per heavy atom. The Labute approximate surface area is 384 Å². The number of rotatable bonds is 13. The molecule has 3 saturated carbocycles.